The first-order valence-corrected chi connectivity index (χ1v) is 5.38. The minimum atomic E-state index is -1.04. The second-order valence-electron chi connectivity index (χ2n) is 3.90. The molecule has 0 spiro atoms. The quantitative estimate of drug-likeness (QED) is 0.657. The third-order valence-electron chi connectivity index (χ3n) is 2.03. The molecule has 0 aliphatic carbocycles. The number of nitrogens with two attached hydrogens (primary N) is 1. The van der Waals surface area contributed by atoms with Crippen molar-refractivity contribution >= 4 is 17.7 Å². The first-order chi connectivity index (χ1) is 8.34. The number of carboxylic acids is 1. The van der Waals surface area contributed by atoms with Crippen LogP contribution in [0, 0.1) is 5.92 Å². The number of para-hydroxylation sites is 1. The Hall–Kier alpha value is -2.08. The maximum Gasteiger partial charge on any atom is 0.409 e. The molecule has 6 heteroatoms. The third kappa shape index (κ3) is 7.24. The molecule has 1 aromatic carbocycles. The predicted molar refractivity (Wildman–Crippen MR) is 68.5 cm³/mol. The van der Waals surface area contributed by atoms with Crippen molar-refractivity contribution in [3.05, 3.63) is 30.3 Å². The normalized spacial score (nSPS) is 11.1. The summed E-state index contributed by atoms with van der Waals surface area (Å²) < 4.78 is 0. The summed E-state index contributed by atoms with van der Waals surface area (Å²) in [5.41, 5.74) is 5.75. The van der Waals surface area contributed by atoms with Gasteiger partial charge in [0.1, 0.15) is 6.04 Å². The van der Waals surface area contributed by atoms with Gasteiger partial charge in [0, 0.05) is 5.69 Å². The van der Waals surface area contributed by atoms with Gasteiger partial charge in [0.25, 0.3) is 0 Å². The van der Waals surface area contributed by atoms with Crippen LogP contribution in [0.25, 0.3) is 0 Å². The molecule has 18 heavy (non-hydrogen) atoms. The highest BCUT2D eigenvalue weighted by Crippen LogP contribution is 2.03. The number of amides is 1. The lowest BCUT2D eigenvalue weighted by Gasteiger charge is -2.07. The molecule has 0 saturated heterocycles. The fourth-order valence-electron chi connectivity index (χ4n) is 0.930. The van der Waals surface area contributed by atoms with Gasteiger partial charge in [-0.3, -0.25) is 10.1 Å². The number of benzene rings is 1. The number of anilines is 1. The Morgan fingerprint density at radius 2 is 1.67 bits per heavy atom. The molecule has 0 radical (unpaired) electrons. The fourth-order valence-corrected chi connectivity index (χ4v) is 0.930. The molecule has 0 aliphatic heterocycles. The van der Waals surface area contributed by atoms with E-state index < -0.39 is 18.1 Å². The standard InChI is InChI=1S/C7H7NO2.C5H11NO2/c9-7(10)8-6-4-2-1-3-5-6;1-3(2)4(6)5(7)8/h1-5,8H,(H,9,10);3-4H,6H2,1-2H3,(H,7,8)/t;4-/m.0/s1. The molecule has 1 aromatic rings. The highest BCUT2D eigenvalue weighted by Gasteiger charge is 2.14. The molecule has 0 unspecified atom stereocenters. The largest absolute Gasteiger partial charge is 0.480 e. The molecule has 1 amide bonds. The Labute approximate surface area is 105 Å². The molecule has 0 bridgehead atoms. The topological polar surface area (TPSA) is 113 Å². The van der Waals surface area contributed by atoms with Crippen LogP contribution in [0.5, 0.6) is 0 Å². The maximum atomic E-state index is 10.1. The zero-order valence-electron chi connectivity index (χ0n) is 10.3. The Bertz CT molecular complexity index is 379. The van der Waals surface area contributed by atoms with Crippen LogP contribution in [-0.2, 0) is 4.79 Å². The zero-order valence-corrected chi connectivity index (χ0v) is 10.3. The second-order valence-corrected chi connectivity index (χ2v) is 3.90. The van der Waals surface area contributed by atoms with Crippen molar-refractivity contribution in [3.63, 3.8) is 0 Å². The smallest absolute Gasteiger partial charge is 0.409 e. The van der Waals surface area contributed by atoms with E-state index in [9.17, 15) is 9.59 Å². The number of hydrogen-bond acceptors (Lipinski definition) is 3. The van der Waals surface area contributed by atoms with Crippen LogP contribution in [0.15, 0.2) is 30.3 Å². The van der Waals surface area contributed by atoms with E-state index in [1.807, 2.05) is 6.07 Å². The average Bonchev–Trinajstić information content (AvgIpc) is 2.29. The maximum absolute atomic E-state index is 10.1. The summed E-state index contributed by atoms with van der Waals surface area (Å²) >= 11 is 0. The van der Waals surface area contributed by atoms with Gasteiger partial charge in [-0.2, -0.15) is 0 Å². The molecular formula is C12H18N2O4. The van der Waals surface area contributed by atoms with Crippen molar-refractivity contribution in [1.82, 2.24) is 0 Å². The van der Waals surface area contributed by atoms with E-state index >= 15 is 0 Å². The molecule has 1 atom stereocenters. The minimum absolute atomic E-state index is 0.0208. The molecular weight excluding hydrogens is 236 g/mol. The highest BCUT2D eigenvalue weighted by molar-refractivity contribution is 5.82. The Morgan fingerprint density at radius 1 is 1.17 bits per heavy atom. The summed E-state index contributed by atoms with van der Waals surface area (Å²) in [7, 11) is 0. The SMILES string of the molecule is CC(C)[C@H](N)C(=O)O.O=C(O)Nc1ccccc1. The van der Waals surface area contributed by atoms with Gasteiger partial charge in [0.05, 0.1) is 0 Å². The van der Waals surface area contributed by atoms with Crippen molar-refractivity contribution < 1.29 is 19.8 Å². The number of carboxylic acid groups (broad SMARTS) is 2. The van der Waals surface area contributed by atoms with Gasteiger partial charge in [-0.1, -0.05) is 32.0 Å². The zero-order chi connectivity index (χ0) is 14.1. The van der Waals surface area contributed by atoms with Gasteiger partial charge in [0.2, 0.25) is 0 Å². The van der Waals surface area contributed by atoms with Gasteiger partial charge in [0.15, 0.2) is 0 Å². The number of rotatable bonds is 3. The van der Waals surface area contributed by atoms with Crippen LogP contribution in [0.3, 0.4) is 0 Å². The lowest BCUT2D eigenvalue weighted by Crippen LogP contribution is -2.34. The fraction of sp³-hybridized carbons (Fsp3) is 0.333. The summed E-state index contributed by atoms with van der Waals surface area (Å²) in [4.78, 5) is 20.1. The predicted octanol–water partition coefficient (Wildman–Crippen LogP) is 1.83. The number of aliphatic carboxylic acids is 1. The Balaban J connectivity index is 0.000000331. The Kier molecular flexibility index (Phi) is 7.14. The molecule has 0 saturated carbocycles. The van der Waals surface area contributed by atoms with E-state index in [0.29, 0.717) is 5.69 Å². The lowest BCUT2D eigenvalue weighted by atomic mass is 10.1. The number of carbonyl (C=O) groups is 2. The van der Waals surface area contributed by atoms with Crippen LogP contribution in [0.1, 0.15) is 13.8 Å². The van der Waals surface area contributed by atoms with Crippen LogP contribution in [0.4, 0.5) is 10.5 Å². The summed E-state index contributed by atoms with van der Waals surface area (Å²) in [6.07, 6.45) is -1.04. The summed E-state index contributed by atoms with van der Waals surface area (Å²) in [5, 5.41) is 18.7. The number of nitrogens with one attached hydrogen (secondary N) is 1. The van der Waals surface area contributed by atoms with Crippen LogP contribution in [0.2, 0.25) is 0 Å². The molecule has 0 fully saturated rings. The van der Waals surface area contributed by atoms with Crippen molar-refractivity contribution in [2.75, 3.05) is 5.32 Å². The van der Waals surface area contributed by atoms with E-state index in [-0.39, 0.29) is 5.92 Å². The third-order valence-corrected chi connectivity index (χ3v) is 2.03. The summed E-state index contributed by atoms with van der Waals surface area (Å²) in [5.74, 6) is -0.910. The van der Waals surface area contributed by atoms with Gasteiger partial charge in [-0.25, -0.2) is 4.79 Å². The average molecular weight is 254 g/mol. The van der Waals surface area contributed by atoms with Crippen molar-refractivity contribution in [1.29, 1.82) is 0 Å². The highest BCUT2D eigenvalue weighted by atomic mass is 16.4. The molecule has 0 heterocycles. The second kappa shape index (κ2) is 8.08. The first-order valence-electron chi connectivity index (χ1n) is 5.38. The van der Waals surface area contributed by atoms with Crippen LogP contribution >= 0.6 is 0 Å². The van der Waals surface area contributed by atoms with E-state index in [0.717, 1.165) is 0 Å². The number of hydrogen-bond donors (Lipinski definition) is 4. The first kappa shape index (κ1) is 15.9. The Morgan fingerprint density at radius 3 is 1.94 bits per heavy atom. The molecule has 6 nitrogen and oxygen atoms in total. The van der Waals surface area contributed by atoms with E-state index in [4.69, 9.17) is 15.9 Å². The van der Waals surface area contributed by atoms with Crippen molar-refractivity contribution in [3.8, 4) is 0 Å². The van der Waals surface area contributed by atoms with Gasteiger partial charge in [-0.05, 0) is 18.1 Å². The molecule has 0 aliphatic rings. The van der Waals surface area contributed by atoms with Crippen molar-refractivity contribution in [2.45, 2.75) is 19.9 Å². The van der Waals surface area contributed by atoms with E-state index in [1.54, 1.807) is 38.1 Å². The van der Waals surface area contributed by atoms with Gasteiger partial charge >= 0.3 is 12.1 Å². The van der Waals surface area contributed by atoms with Gasteiger partial charge < -0.3 is 15.9 Å². The van der Waals surface area contributed by atoms with E-state index in [1.165, 1.54) is 0 Å². The van der Waals surface area contributed by atoms with Gasteiger partial charge in [-0.15, -0.1) is 0 Å². The van der Waals surface area contributed by atoms with Crippen molar-refractivity contribution in [2.24, 2.45) is 11.7 Å². The van der Waals surface area contributed by atoms with E-state index in [2.05, 4.69) is 5.32 Å². The minimum Gasteiger partial charge on any atom is -0.480 e. The molecule has 5 N–H and O–H groups in total. The van der Waals surface area contributed by atoms with Crippen LogP contribution < -0.4 is 11.1 Å². The molecule has 100 valence electrons. The molecule has 1 rings (SSSR count). The summed E-state index contributed by atoms with van der Waals surface area (Å²) in [6, 6.07) is 8.03. The summed E-state index contributed by atoms with van der Waals surface area (Å²) in [6.45, 7) is 3.55. The molecule has 0 aromatic heterocycles. The van der Waals surface area contributed by atoms with Crippen LogP contribution in [-0.4, -0.2) is 28.3 Å². The monoisotopic (exact) mass is 254 g/mol. The lowest BCUT2D eigenvalue weighted by molar-refractivity contribution is -0.139.